The topological polar surface area (TPSA) is 9.23 Å². The molecule has 0 amide bonds. The van der Waals surface area contributed by atoms with Crippen LogP contribution in [0.1, 0.15) is 51.5 Å². The largest absolute Gasteiger partial charge is 0.573 e. The molecule has 0 spiro atoms. The van der Waals surface area contributed by atoms with E-state index in [1.165, 1.54) is 0 Å². The normalized spacial score (nSPS) is 20.3. The van der Waals surface area contributed by atoms with Gasteiger partial charge in [-0.1, -0.05) is 33.1 Å². The second kappa shape index (κ2) is 9.71. The van der Waals surface area contributed by atoms with Crippen LogP contribution in [0.5, 0.6) is 5.75 Å². The average molecular weight is 462 g/mol. The number of ether oxygens (including phenoxy) is 1. The van der Waals surface area contributed by atoms with Crippen molar-refractivity contribution >= 4 is 0 Å². The van der Waals surface area contributed by atoms with Crippen molar-refractivity contribution in [2.24, 2.45) is 17.8 Å². The van der Waals surface area contributed by atoms with E-state index in [1.54, 1.807) is 0 Å². The summed E-state index contributed by atoms with van der Waals surface area (Å²) in [7, 11) is 0. The third-order valence-corrected chi connectivity index (χ3v) is 6.44. The van der Waals surface area contributed by atoms with Crippen molar-refractivity contribution in [2.75, 3.05) is 0 Å². The van der Waals surface area contributed by atoms with Crippen molar-refractivity contribution in [3.05, 3.63) is 53.1 Å². The number of rotatable bonds is 6. The van der Waals surface area contributed by atoms with Gasteiger partial charge in [-0.3, -0.25) is 0 Å². The Morgan fingerprint density at radius 1 is 0.875 bits per heavy atom. The number of hydrogen-bond donors (Lipinski definition) is 0. The molecule has 32 heavy (non-hydrogen) atoms. The molecule has 0 aromatic heterocycles. The molecular weight excluding hydrogens is 437 g/mol. The molecule has 2 aromatic rings. The Bertz CT molecular complexity index is 900. The molecule has 0 heterocycles. The van der Waals surface area contributed by atoms with E-state index in [-0.39, 0.29) is 5.92 Å². The smallest absolute Gasteiger partial charge is 0.399 e. The molecule has 0 bridgehead atoms. The van der Waals surface area contributed by atoms with E-state index in [4.69, 9.17) is 0 Å². The Morgan fingerprint density at radius 2 is 1.41 bits per heavy atom. The van der Waals surface area contributed by atoms with Gasteiger partial charge in [0.05, 0.1) is 5.56 Å². The molecule has 0 N–H and O–H groups in total. The summed E-state index contributed by atoms with van der Waals surface area (Å²) in [6.45, 7) is 4.22. The minimum absolute atomic E-state index is 0.214. The maximum Gasteiger partial charge on any atom is 0.573 e. The lowest BCUT2D eigenvalue weighted by atomic mass is 9.74. The van der Waals surface area contributed by atoms with Crippen LogP contribution in [0.3, 0.4) is 0 Å². The first-order valence-electron chi connectivity index (χ1n) is 10.7. The minimum atomic E-state index is -5.31. The van der Waals surface area contributed by atoms with Crippen LogP contribution in [-0.2, 0) is 6.42 Å². The number of benzene rings is 2. The van der Waals surface area contributed by atoms with E-state index < -0.39 is 46.5 Å². The van der Waals surface area contributed by atoms with Crippen LogP contribution in [0.4, 0.5) is 30.7 Å². The van der Waals surface area contributed by atoms with Crippen LogP contribution in [-0.4, -0.2) is 6.36 Å². The van der Waals surface area contributed by atoms with Gasteiger partial charge >= 0.3 is 6.36 Å². The van der Waals surface area contributed by atoms with Gasteiger partial charge in [-0.05, 0) is 72.4 Å². The van der Waals surface area contributed by atoms with Gasteiger partial charge < -0.3 is 4.74 Å². The standard InChI is InChI=1S/C24H25F7O/c1-3-14-4-6-16(7-5-14)13(2)8-15-9-18(25)22(19(26)10-15)17-11-20(27)23(21(28)12-17)32-24(29,30)31/h9-14,16H,3-8H2,1-2H3. The average Bonchev–Trinajstić information content (AvgIpc) is 2.69. The maximum absolute atomic E-state index is 14.7. The highest BCUT2D eigenvalue weighted by molar-refractivity contribution is 5.66. The Kier molecular flexibility index (Phi) is 7.40. The summed E-state index contributed by atoms with van der Waals surface area (Å²) in [6.07, 6.45) is 0.756. The first-order valence-corrected chi connectivity index (χ1v) is 10.7. The number of hydrogen-bond acceptors (Lipinski definition) is 1. The zero-order chi connectivity index (χ0) is 23.6. The molecule has 1 atom stereocenters. The van der Waals surface area contributed by atoms with E-state index in [1.807, 2.05) is 6.92 Å². The maximum atomic E-state index is 14.7. The monoisotopic (exact) mass is 462 g/mol. The molecule has 0 radical (unpaired) electrons. The van der Waals surface area contributed by atoms with E-state index in [2.05, 4.69) is 11.7 Å². The fourth-order valence-electron chi connectivity index (χ4n) is 4.64. The summed E-state index contributed by atoms with van der Waals surface area (Å²) < 4.78 is 97.6. The van der Waals surface area contributed by atoms with Gasteiger partial charge in [0.1, 0.15) is 11.6 Å². The van der Waals surface area contributed by atoms with Crippen LogP contribution >= 0.6 is 0 Å². The minimum Gasteiger partial charge on any atom is -0.399 e. The molecule has 0 saturated heterocycles. The number of alkyl halides is 3. The van der Waals surface area contributed by atoms with Crippen LogP contribution in [0, 0.1) is 41.0 Å². The SMILES string of the molecule is CCC1CCC(C(C)Cc2cc(F)c(-c3cc(F)c(OC(F)(F)F)c(F)c3)c(F)c2)CC1. The third kappa shape index (κ3) is 5.75. The lowest BCUT2D eigenvalue weighted by Gasteiger charge is -2.32. The molecule has 2 aromatic carbocycles. The van der Waals surface area contributed by atoms with Crippen LogP contribution in [0.2, 0.25) is 0 Å². The predicted octanol–water partition coefficient (Wildman–Crippen LogP) is 8.20. The molecule has 3 rings (SSSR count). The van der Waals surface area contributed by atoms with Gasteiger partial charge in [-0.2, -0.15) is 0 Å². The van der Waals surface area contributed by atoms with Crippen LogP contribution in [0.25, 0.3) is 11.1 Å². The van der Waals surface area contributed by atoms with Gasteiger partial charge in [0, 0.05) is 0 Å². The molecule has 1 nitrogen and oxygen atoms in total. The van der Waals surface area contributed by atoms with E-state index in [9.17, 15) is 30.7 Å². The zero-order valence-electron chi connectivity index (χ0n) is 17.8. The molecule has 8 heteroatoms. The summed E-state index contributed by atoms with van der Waals surface area (Å²) in [4.78, 5) is 0. The van der Waals surface area contributed by atoms with Gasteiger partial charge in [-0.25, -0.2) is 17.6 Å². The highest BCUT2D eigenvalue weighted by atomic mass is 19.4. The summed E-state index contributed by atoms with van der Waals surface area (Å²) >= 11 is 0. The molecular formula is C24H25F7O. The fourth-order valence-corrected chi connectivity index (χ4v) is 4.64. The van der Waals surface area contributed by atoms with Crippen molar-refractivity contribution in [3.8, 4) is 16.9 Å². The molecule has 1 aliphatic rings. The Balaban J connectivity index is 1.80. The van der Waals surface area contributed by atoms with Gasteiger partial charge in [0.2, 0.25) is 5.75 Å². The summed E-state index contributed by atoms with van der Waals surface area (Å²) in [5, 5.41) is 0. The highest BCUT2D eigenvalue weighted by Gasteiger charge is 2.34. The molecule has 1 aliphatic carbocycles. The molecule has 1 fully saturated rings. The summed E-state index contributed by atoms with van der Waals surface area (Å²) in [6, 6.07) is 3.06. The summed E-state index contributed by atoms with van der Waals surface area (Å²) in [5.74, 6) is -5.76. The van der Waals surface area contributed by atoms with E-state index in [0.717, 1.165) is 50.2 Å². The highest BCUT2D eigenvalue weighted by Crippen LogP contribution is 2.38. The third-order valence-electron chi connectivity index (χ3n) is 6.44. The molecule has 176 valence electrons. The van der Waals surface area contributed by atoms with Crippen molar-refractivity contribution < 1.29 is 35.5 Å². The van der Waals surface area contributed by atoms with Gasteiger partial charge in [0.15, 0.2) is 11.6 Å². The zero-order valence-corrected chi connectivity index (χ0v) is 17.8. The van der Waals surface area contributed by atoms with Crippen LogP contribution in [0.15, 0.2) is 24.3 Å². The van der Waals surface area contributed by atoms with Crippen molar-refractivity contribution in [1.29, 1.82) is 0 Å². The fraction of sp³-hybridized carbons (Fsp3) is 0.500. The van der Waals surface area contributed by atoms with Crippen molar-refractivity contribution in [2.45, 2.75) is 58.7 Å². The van der Waals surface area contributed by atoms with E-state index in [0.29, 0.717) is 30.0 Å². The lowest BCUT2D eigenvalue weighted by Crippen LogP contribution is -2.21. The molecule has 0 aliphatic heterocycles. The van der Waals surface area contributed by atoms with Crippen molar-refractivity contribution in [3.63, 3.8) is 0 Å². The quantitative estimate of drug-likeness (QED) is 0.393. The second-order valence-electron chi connectivity index (χ2n) is 8.62. The number of halogens is 7. The van der Waals surface area contributed by atoms with Crippen molar-refractivity contribution in [1.82, 2.24) is 0 Å². The Hall–Kier alpha value is -2.25. The second-order valence-corrected chi connectivity index (χ2v) is 8.62. The summed E-state index contributed by atoms with van der Waals surface area (Å²) in [5.41, 5.74) is -0.838. The Morgan fingerprint density at radius 3 is 1.88 bits per heavy atom. The van der Waals surface area contributed by atoms with E-state index >= 15 is 0 Å². The predicted molar refractivity (Wildman–Crippen MR) is 107 cm³/mol. The van der Waals surface area contributed by atoms with Gasteiger partial charge in [-0.15, -0.1) is 13.2 Å². The lowest BCUT2D eigenvalue weighted by molar-refractivity contribution is -0.276. The molecule has 1 saturated carbocycles. The first-order chi connectivity index (χ1) is 15.0. The molecule has 1 unspecified atom stereocenters. The Labute approximate surface area is 182 Å². The van der Waals surface area contributed by atoms with Crippen LogP contribution < -0.4 is 4.74 Å². The van der Waals surface area contributed by atoms with Gasteiger partial charge in [0.25, 0.3) is 0 Å². The first kappa shape index (κ1) is 24.4.